The lowest BCUT2D eigenvalue weighted by Gasteiger charge is -2.24. The van der Waals surface area contributed by atoms with Crippen LogP contribution < -0.4 is 5.73 Å². The maximum Gasteiger partial charge on any atom is 0.222 e. The van der Waals surface area contributed by atoms with Crippen LogP contribution in [0.4, 0.5) is 0 Å². The number of sulfone groups is 1. The zero-order valence-corrected chi connectivity index (χ0v) is 12.1. The van der Waals surface area contributed by atoms with Crippen molar-refractivity contribution in [3.63, 3.8) is 0 Å². The minimum Gasteiger partial charge on any atom is -0.342 e. The van der Waals surface area contributed by atoms with E-state index in [9.17, 15) is 13.2 Å². The number of carbonyl (C=O) groups excluding carboxylic acids is 1. The summed E-state index contributed by atoms with van der Waals surface area (Å²) in [6, 6.07) is -0.132. The van der Waals surface area contributed by atoms with Crippen molar-refractivity contribution in [3.8, 4) is 0 Å². The van der Waals surface area contributed by atoms with Gasteiger partial charge in [0.1, 0.15) is 0 Å². The topological polar surface area (TPSA) is 80.5 Å². The SMILES string of the molecule is CC(CCN)CCC(=O)N(C)C1CCS(=O)(=O)C1. The monoisotopic (exact) mass is 276 g/mol. The molecular formula is C12H24N2O3S. The van der Waals surface area contributed by atoms with Crippen molar-refractivity contribution in [2.75, 3.05) is 25.1 Å². The molecule has 0 saturated carbocycles. The highest BCUT2D eigenvalue weighted by Crippen LogP contribution is 2.18. The Morgan fingerprint density at radius 1 is 1.44 bits per heavy atom. The summed E-state index contributed by atoms with van der Waals surface area (Å²) in [5.41, 5.74) is 5.46. The fraction of sp³-hybridized carbons (Fsp3) is 0.917. The normalized spacial score (nSPS) is 23.8. The summed E-state index contributed by atoms with van der Waals surface area (Å²) < 4.78 is 22.7. The number of hydrogen-bond acceptors (Lipinski definition) is 4. The molecule has 0 aliphatic carbocycles. The predicted octanol–water partition coefficient (Wildman–Crippen LogP) is 0.397. The first-order valence-corrected chi connectivity index (χ1v) is 8.34. The van der Waals surface area contributed by atoms with E-state index < -0.39 is 9.84 Å². The number of rotatable bonds is 6. The van der Waals surface area contributed by atoms with Gasteiger partial charge in [-0.25, -0.2) is 8.42 Å². The first-order chi connectivity index (χ1) is 8.35. The molecule has 0 spiro atoms. The predicted molar refractivity (Wildman–Crippen MR) is 71.9 cm³/mol. The Morgan fingerprint density at radius 3 is 2.61 bits per heavy atom. The first-order valence-electron chi connectivity index (χ1n) is 6.52. The Morgan fingerprint density at radius 2 is 2.11 bits per heavy atom. The van der Waals surface area contributed by atoms with Gasteiger partial charge < -0.3 is 10.6 Å². The van der Waals surface area contributed by atoms with E-state index in [0.717, 1.165) is 12.8 Å². The van der Waals surface area contributed by atoms with Gasteiger partial charge in [-0.05, 0) is 31.7 Å². The lowest BCUT2D eigenvalue weighted by molar-refractivity contribution is -0.131. The lowest BCUT2D eigenvalue weighted by Crippen LogP contribution is -2.37. The highest BCUT2D eigenvalue weighted by Gasteiger charge is 2.32. The molecule has 1 amide bonds. The van der Waals surface area contributed by atoms with E-state index in [1.54, 1.807) is 11.9 Å². The second-order valence-corrected chi connectivity index (χ2v) is 7.51. The second-order valence-electron chi connectivity index (χ2n) is 5.28. The highest BCUT2D eigenvalue weighted by atomic mass is 32.2. The molecule has 5 nitrogen and oxygen atoms in total. The molecule has 1 rings (SSSR count). The molecule has 0 aromatic rings. The largest absolute Gasteiger partial charge is 0.342 e. The van der Waals surface area contributed by atoms with E-state index in [2.05, 4.69) is 6.92 Å². The van der Waals surface area contributed by atoms with Gasteiger partial charge >= 0.3 is 0 Å². The van der Waals surface area contributed by atoms with Gasteiger partial charge in [-0.15, -0.1) is 0 Å². The molecule has 1 heterocycles. The summed E-state index contributed by atoms with van der Waals surface area (Å²) in [6.07, 6.45) is 2.80. The van der Waals surface area contributed by atoms with Crippen LogP contribution in [0.5, 0.6) is 0 Å². The Balaban J connectivity index is 2.38. The van der Waals surface area contributed by atoms with Crippen LogP contribution in [0, 0.1) is 5.92 Å². The third kappa shape index (κ3) is 4.57. The van der Waals surface area contributed by atoms with Crippen LogP contribution in [0.25, 0.3) is 0 Å². The van der Waals surface area contributed by atoms with Crippen LogP contribution >= 0.6 is 0 Å². The molecular weight excluding hydrogens is 252 g/mol. The van der Waals surface area contributed by atoms with Gasteiger partial charge in [0, 0.05) is 19.5 Å². The van der Waals surface area contributed by atoms with Gasteiger partial charge in [0.15, 0.2) is 9.84 Å². The fourth-order valence-corrected chi connectivity index (χ4v) is 4.03. The molecule has 0 radical (unpaired) electrons. The number of hydrogen-bond donors (Lipinski definition) is 1. The van der Waals surface area contributed by atoms with Crippen molar-refractivity contribution in [1.82, 2.24) is 4.90 Å². The average Bonchev–Trinajstić information content (AvgIpc) is 2.66. The zero-order valence-electron chi connectivity index (χ0n) is 11.3. The van der Waals surface area contributed by atoms with Crippen LogP contribution in [0.2, 0.25) is 0 Å². The molecule has 2 N–H and O–H groups in total. The Kier molecular flexibility index (Phi) is 5.59. The average molecular weight is 276 g/mol. The van der Waals surface area contributed by atoms with Gasteiger partial charge in [-0.1, -0.05) is 6.92 Å². The van der Waals surface area contributed by atoms with Gasteiger partial charge in [0.25, 0.3) is 0 Å². The van der Waals surface area contributed by atoms with E-state index in [0.29, 0.717) is 25.3 Å². The third-order valence-electron chi connectivity index (χ3n) is 3.66. The van der Waals surface area contributed by atoms with Gasteiger partial charge in [-0.3, -0.25) is 4.79 Å². The Bertz CT molecular complexity index is 381. The van der Waals surface area contributed by atoms with Crippen LogP contribution in [0.3, 0.4) is 0 Å². The Labute approximate surface area is 110 Å². The maximum absolute atomic E-state index is 11.9. The van der Waals surface area contributed by atoms with E-state index >= 15 is 0 Å². The van der Waals surface area contributed by atoms with Crippen molar-refractivity contribution in [3.05, 3.63) is 0 Å². The minimum absolute atomic E-state index is 0.0426. The number of amides is 1. The highest BCUT2D eigenvalue weighted by molar-refractivity contribution is 7.91. The molecule has 106 valence electrons. The summed E-state index contributed by atoms with van der Waals surface area (Å²) >= 11 is 0. The molecule has 0 bridgehead atoms. The van der Waals surface area contributed by atoms with Crippen molar-refractivity contribution in [2.45, 2.75) is 38.6 Å². The number of nitrogens with zero attached hydrogens (tertiary/aromatic N) is 1. The third-order valence-corrected chi connectivity index (χ3v) is 5.41. The van der Waals surface area contributed by atoms with Crippen molar-refractivity contribution in [2.24, 2.45) is 11.7 Å². The summed E-state index contributed by atoms with van der Waals surface area (Å²) in [5, 5.41) is 0. The molecule has 1 saturated heterocycles. The molecule has 1 aliphatic heterocycles. The Hall–Kier alpha value is -0.620. The van der Waals surface area contributed by atoms with E-state index in [1.165, 1.54) is 0 Å². The summed E-state index contributed by atoms with van der Waals surface area (Å²) in [6.45, 7) is 2.73. The van der Waals surface area contributed by atoms with Gasteiger partial charge in [0.2, 0.25) is 5.91 Å². The smallest absolute Gasteiger partial charge is 0.222 e. The zero-order chi connectivity index (χ0) is 13.8. The summed E-state index contributed by atoms with van der Waals surface area (Å²) in [4.78, 5) is 13.6. The van der Waals surface area contributed by atoms with Crippen LogP contribution in [-0.2, 0) is 14.6 Å². The quantitative estimate of drug-likeness (QED) is 0.761. The molecule has 6 heteroatoms. The molecule has 1 aliphatic rings. The van der Waals surface area contributed by atoms with Crippen molar-refractivity contribution in [1.29, 1.82) is 0 Å². The van der Waals surface area contributed by atoms with E-state index in [4.69, 9.17) is 5.73 Å². The number of carbonyl (C=O) groups is 1. The molecule has 1 fully saturated rings. The van der Waals surface area contributed by atoms with Crippen molar-refractivity contribution >= 4 is 15.7 Å². The van der Waals surface area contributed by atoms with Gasteiger partial charge in [-0.2, -0.15) is 0 Å². The second kappa shape index (κ2) is 6.52. The van der Waals surface area contributed by atoms with Crippen molar-refractivity contribution < 1.29 is 13.2 Å². The molecule has 2 unspecified atom stereocenters. The lowest BCUT2D eigenvalue weighted by atomic mass is 10.0. The molecule has 0 aromatic heterocycles. The van der Waals surface area contributed by atoms with E-state index in [-0.39, 0.29) is 23.5 Å². The molecule has 2 atom stereocenters. The van der Waals surface area contributed by atoms with Crippen LogP contribution in [0.1, 0.15) is 32.6 Å². The first kappa shape index (κ1) is 15.4. The molecule has 18 heavy (non-hydrogen) atoms. The fourth-order valence-electron chi connectivity index (χ4n) is 2.26. The number of nitrogens with two attached hydrogens (primary N) is 1. The summed E-state index contributed by atoms with van der Waals surface area (Å²) in [5.74, 6) is 0.813. The standard InChI is InChI=1S/C12H24N2O3S/c1-10(5-7-13)3-4-12(15)14(2)11-6-8-18(16,17)9-11/h10-11H,3-9,13H2,1-2H3. The minimum atomic E-state index is -2.92. The van der Waals surface area contributed by atoms with Crippen LogP contribution in [-0.4, -0.2) is 50.4 Å². The maximum atomic E-state index is 11.9. The van der Waals surface area contributed by atoms with Crippen LogP contribution in [0.15, 0.2) is 0 Å². The van der Waals surface area contributed by atoms with Gasteiger partial charge in [0.05, 0.1) is 11.5 Å². The molecule has 0 aromatic carbocycles. The summed E-state index contributed by atoms with van der Waals surface area (Å²) in [7, 11) is -1.21. The van der Waals surface area contributed by atoms with E-state index in [1.807, 2.05) is 0 Å².